The first kappa shape index (κ1) is 15.7. The normalized spacial score (nSPS) is 12.6. The summed E-state index contributed by atoms with van der Waals surface area (Å²) >= 11 is 0. The van der Waals surface area contributed by atoms with E-state index in [0.29, 0.717) is 23.9 Å². The molecule has 0 aliphatic heterocycles. The molecule has 0 unspecified atom stereocenters. The van der Waals surface area contributed by atoms with Crippen LogP contribution in [0.4, 0.5) is 4.39 Å². The van der Waals surface area contributed by atoms with Crippen LogP contribution in [0.5, 0.6) is 0 Å². The Balaban J connectivity index is 2.00. The average Bonchev–Trinajstić information content (AvgIpc) is 2.94. The fourth-order valence-corrected chi connectivity index (χ4v) is 2.27. The molecule has 1 aromatic heterocycles. The van der Waals surface area contributed by atoms with Gasteiger partial charge >= 0.3 is 0 Å². The van der Waals surface area contributed by atoms with Crippen molar-refractivity contribution in [2.24, 2.45) is 0 Å². The highest BCUT2D eigenvalue weighted by molar-refractivity contribution is 5.62. The van der Waals surface area contributed by atoms with Crippen LogP contribution in [0.25, 0.3) is 11.3 Å². The Labute approximate surface area is 124 Å². The Bertz CT molecular complexity index is 580. The number of aliphatic hydroxyl groups is 1. The van der Waals surface area contributed by atoms with Crippen LogP contribution in [0.2, 0.25) is 0 Å². The van der Waals surface area contributed by atoms with Gasteiger partial charge in [0.1, 0.15) is 17.3 Å². The summed E-state index contributed by atoms with van der Waals surface area (Å²) in [5.41, 5.74) is 1.39. The van der Waals surface area contributed by atoms with Gasteiger partial charge in [0, 0.05) is 18.2 Å². The van der Waals surface area contributed by atoms with Gasteiger partial charge in [0.2, 0.25) is 0 Å². The molecular weight excluding hydrogens is 269 g/mol. The molecule has 1 aromatic carbocycles. The van der Waals surface area contributed by atoms with Crippen LogP contribution in [0.3, 0.4) is 0 Å². The summed E-state index contributed by atoms with van der Waals surface area (Å²) in [7, 11) is 0. The van der Waals surface area contributed by atoms with E-state index in [1.54, 1.807) is 13.0 Å². The fraction of sp³-hybridized carbons (Fsp3) is 0.412. The van der Waals surface area contributed by atoms with E-state index in [2.05, 4.69) is 12.2 Å². The van der Waals surface area contributed by atoms with Crippen molar-refractivity contribution in [3.63, 3.8) is 0 Å². The second-order valence-electron chi connectivity index (χ2n) is 5.33. The lowest BCUT2D eigenvalue weighted by atomic mass is 10.1. The van der Waals surface area contributed by atoms with Gasteiger partial charge in [-0.25, -0.2) is 4.39 Å². The number of rotatable bonds is 7. The molecule has 2 aromatic rings. The van der Waals surface area contributed by atoms with E-state index < -0.39 is 0 Å². The Kier molecular flexibility index (Phi) is 5.53. The predicted octanol–water partition coefficient (Wildman–Crippen LogP) is 3.64. The summed E-state index contributed by atoms with van der Waals surface area (Å²) in [5, 5.41) is 12.1. The molecule has 114 valence electrons. The molecule has 0 amide bonds. The molecule has 2 rings (SSSR count). The van der Waals surface area contributed by atoms with Gasteiger partial charge in [0.05, 0.1) is 6.54 Å². The van der Waals surface area contributed by atoms with Gasteiger partial charge in [-0.05, 0) is 50.5 Å². The molecule has 0 aliphatic rings. The summed E-state index contributed by atoms with van der Waals surface area (Å²) in [6.07, 6.45) is 1.72. The van der Waals surface area contributed by atoms with Gasteiger partial charge in [-0.1, -0.05) is 12.1 Å². The summed E-state index contributed by atoms with van der Waals surface area (Å²) < 4.78 is 19.4. The molecule has 1 heterocycles. The molecular formula is C17H22FNO2. The van der Waals surface area contributed by atoms with E-state index in [9.17, 15) is 4.39 Å². The maximum absolute atomic E-state index is 13.6. The zero-order valence-electron chi connectivity index (χ0n) is 12.5. The molecule has 0 radical (unpaired) electrons. The van der Waals surface area contributed by atoms with Crippen molar-refractivity contribution in [3.8, 4) is 11.3 Å². The molecule has 0 saturated heterocycles. The van der Waals surface area contributed by atoms with Gasteiger partial charge in [0.15, 0.2) is 0 Å². The number of hydrogen-bond donors (Lipinski definition) is 2. The van der Waals surface area contributed by atoms with Crippen LogP contribution in [0.1, 0.15) is 31.1 Å². The Hall–Kier alpha value is -1.65. The summed E-state index contributed by atoms with van der Waals surface area (Å²) in [5.74, 6) is 1.29. The third-order valence-electron chi connectivity index (χ3n) is 3.61. The van der Waals surface area contributed by atoms with Crippen molar-refractivity contribution in [1.29, 1.82) is 0 Å². The van der Waals surface area contributed by atoms with Gasteiger partial charge < -0.3 is 14.8 Å². The van der Waals surface area contributed by atoms with Crippen molar-refractivity contribution in [3.05, 3.63) is 47.5 Å². The van der Waals surface area contributed by atoms with Crippen molar-refractivity contribution in [2.45, 2.75) is 39.3 Å². The minimum atomic E-state index is -0.221. The van der Waals surface area contributed by atoms with E-state index in [-0.39, 0.29) is 12.4 Å². The number of aliphatic hydroxyl groups excluding tert-OH is 1. The quantitative estimate of drug-likeness (QED) is 0.818. The molecule has 0 fully saturated rings. The highest BCUT2D eigenvalue weighted by Crippen LogP contribution is 2.26. The first-order valence-corrected chi connectivity index (χ1v) is 7.30. The SMILES string of the molecule is Cc1c(F)cccc1-c1ccc(CN[C@@H](C)CCCO)o1. The van der Waals surface area contributed by atoms with E-state index in [4.69, 9.17) is 9.52 Å². The van der Waals surface area contributed by atoms with Crippen LogP contribution in [-0.4, -0.2) is 17.8 Å². The van der Waals surface area contributed by atoms with Crippen molar-refractivity contribution < 1.29 is 13.9 Å². The largest absolute Gasteiger partial charge is 0.460 e. The lowest BCUT2D eigenvalue weighted by Gasteiger charge is -2.11. The molecule has 3 nitrogen and oxygen atoms in total. The minimum absolute atomic E-state index is 0.218. The molecule has 2 N–H and O–H groups in total. The first-order valence-electron chi connectivity index (χ1n) is 7.30. The second-order valence-corrected chi connectivity index (χ2v) is 5.33. The summed E-state index contributed by atoms with van der Waals surface area (Å²) in [6.45, 7) is 4.68. The predicted molar refractivity (Wildman–Crippen MR) is 81.5 cm³/mol. The van der Waals surface area contributed by atoms with E-state index in [0.717, 1.165) is 24.2 Å². The third kappa shape index (κ3) is 4.16. The third-order valence-corrected chi connectivity index (χ3v) is 3.61. The maximum atomic E-state index is 13.6. The van der Waals surface area contributed by atoms with Crippen LogP contribution in [-0.2, 0) is 6.54 Å². The summed E-state index contributed by atoms with van der Waals surface area (Å²) in [6, 6.07) is 9.10. The Morgan fingerprint density at radius 1 is 1.29 bits per heavy atom. The van der Waals surface area contributed by atoms with Gasteiger partial charge in [-0.15, -0.1) is 0 Å². The molecule has 0 saturated carbocycles. The number of benzene rings is 1. The van der Waals surface area contributed by atoms with Crippen molar-refractivity contribution >= 4 is 0 Å². The van der Waals surface area contributed by atoms with Crippen LogP contribution in [0.15, 0.2) is 34.7 Å². The molecule has 0 spiro atoms. The zero-order chi connectivity index (χ0) is 15.2. The van der Waals surface area contributed by atoms with Gasteiger partial charge in [-0.3, -0.25) is 0 Å². The van der Waals surface area contributed by atoms with Gasteiger partial charge in [0.25, 0.3) is 0 Å². The lowest BCUT2D eigenvalue weighted by Crippen LogP contribution is -2.25. The highest BCUT2D eigenvalue weighted by Gasteiger charge is 2.10. The van der Waals surface area contributed by atoms with E-state index >= 15 is 0 Å². The zero-order valence-corrected chi connectivity index (χ0v) is 12.5. The Morgan fingerprint density at radius 3 is 2.86 bits per heavy atom. The molecule has 21 heavy (non-hydrogen) atoms. The number of furan rings is 1. The smallest absolute Gasteiger partial charge is 0.134 e. The molecule has 0 aliphatic carbocycles. The lowest BCUT2D eigenvalue weighted by molar-refractivity contribution is 0.275. The van der Waals surface area contributed by atoms with E-state index in [1.165, 1.54) is 6.07 Å². The number of hydrogen-bond acceptors (Lipinski definition) is 3. The Morgan fingerprint density at radius 2 is 2.10 bits per heavy atom. The van der Waals surface area contributed by atoms with Crippen molar-refractivity contribution in [1.82, 2.24) is 5.32 Å². The number of nitrogens with one attached hydrogen (secondary N) is 1. The second kappa shape index (κ2) is 7.38. The maximum Gasteiger partial charge on any atom is 0.134 e. The van der Waals surface area contributed by atoms with Crippen molar-refractivity contribution in [2.75, 3.05) is 6.61 Å². The van der Waals surface area contributed by atoms with Crippen LogP contribution >= 0.6 is 0 Å². The number of halogens is 1. The summed E-state index contributed by atoms with van der Waals surface area (Å²) in [4.78, 5) is 0. The molecule has 1 atom stereocenters. The first-order chi connectivity index (χ1) is 10.1. The average molecular weight is 291 g/mol. The molecule has 4 heteroatoms. The van der Waals surface area contributed by atoms with Crippen LogP contribution in [0, 0.1) is 12.7 Å². The standard InChI is InChI=1S/C17H22FNO2/c1-12(5-4-10-20)19-11-14-8-9-17(21-14)15-6-3-7-16(18)13(15)2/h3,6-9,12,19-20H,4-5,10-11H2,1-2H3/t12-/m0/s1. The molecule has 0 bridgehead atoms. The van der Waals surface area contributed by atoms with Crippen LogP contribution < -0.4 is 5.32 Å². The topological polar surface area (TPSA) is 45.4 Å². The monoisotopic (exact) mass is 291 g/mol. The highest BCUT2D eigenvalue weighted by atomic mass is 19.1. The fourth-order valence-electron chi connectivity index (χ4n) is 2.27. The van der Waals surface area contributed by atoms with Gasteiger partial charge in [-0.2, -0.15) is 0 Å². The minimum Gasteiger partial charge on any atom is -0.460 e. The van der Waals surface area contributed by atoms with E-state index in [1.807, 2.05) is 18.2 Å².